The minimum atomic E-state index is -0.326. The number of aromatic nitrogens is 2. The van der Waals surface area contributed by atoms with Crippen molar-refractivity contribution in [3.63, 3.8) is 0 Å². The molecule has 106 valence electrons. The number of halogens is 1. The number of aryl methyl sites for hydroxylation is 1. The summed E-state index contributed by atoms with van der Waals surface area (Å²) in [6.45, 7) is 4.11. The van der Waals surface area contributed by atoms with Crippen LogP contribution in [-0.2, 0) is 11.3 Å². The molecule has 1 aromatic heterocycles. The van der Waals surface area contributed by atoms with Crippen molar-refractivity contribution in [1.29, 1.82) is 0 Å². The lowest BCUT2D eigenvalue weighted by Crippen LogP contribution is -2.22. The van der Waals surface area contributed by atoms with Gasteiger partial charge in [0.2, 0.25) is 5.91 Å². The maximum atomic E-state index is 14.1. The molecular weight excluding hydrogens is 257 g/mol. The van der Waals surface area contributed by atoms with E-state index in [0.717, 1.165) is 17.8 Å². The summed E-state index contributed by atoms with van der Waals surface area (Å²) in [6, 6.07) is 4.95. The van der Waals surface area contributed by atoms with Crippen LogP contribution >= 0.6 is 0 Å². The molecule has 0 saturated heterocycles. The molecule has 4 nitrogen and oxygen atoms in total. The number of imidazole rings is 1. The molecule has 0 atom stereocenters. The second-order valence-electron chi connectivity index (χ2n) is 4.66. The quantitative estimate of drug-likeness (QED) is 0.912. The summed E-state index contributed by atoms with van der Waals surface area (Å²) in [5.41, 5.74) is 1.21. The van der Waals surface area contributed by atoms with E-state index in [4.69, 9.17) is 0 Å². The van der Waals surface area contributed by atoms with E-state index >= 15 is 0 Å². The van der Waals surface area contributed by atoms with E-state index in [0.29, 0.717) is 18.7 Å². The Morgan fingerprint density at radius 2 is 2.25 bits per heavy atom. The Kier molecular flexibility index (Phi) is 4.50. The third-order valence-electron chi connectivity index (χ3n) is 3.06. The second-order valence-corrected chi connectivity index (χ2v) is 4.66. The monoisotopic (exact) mass is 275 g/mol. The lowest BCUT2D eigenvalue weighted by Gasteiger charge is -2.09. The Morgan fingerprint density at radius 3 is 2.85 bits per heavy atom. The van der Waals surface area contributed by atoms with E-state index in [-0.39, 0.29) is 11.7 Å². The lowest BCUT2D eigenvalue weighted by molar-refractivity contribution is -0.121. The molecule has 1 amide bonds. The predicted molar refractivity (Wildman–Crippen MR) is 75.0 cm³/mol. The molecule has 0 aliphatic rings. The SMILES string of the molecule is CCCC(=O)NCc1ccc(-n2ccnc2C)c(F)c1. The summed E-state index contributed by atoms with van der Waals surface area (Å²) in [4.78, 5) is 15.5. The molecule has 0 bridgehead atoms. The first-order valence-corrected chi connectivity index (χ1v) is 6.67. The third-order valence-corrected chi connectivity index (χ3v) is 3.06. The first kappa shape index (κ1) is 14.2. The van der Waals surface area contributed by atoms with Crippen LogP contribution in [-0.4, -0.2) is 15.5 Å². The minimum absolute atomic E-state index is 0.0116. The van der Waals surface area contributed by atoms with E-state index in [2.05, 4.69) is 10.3 Å². The van der Waals surface area contributed by atoms with E-state index in [1.54, 1.807) is 23.0 Å². The van der Waals surface area contributed by atoms with Crippen LogP contribution in [0.5, 0.6) is 0 Å². The van der Waals surface area contributed by atoms with Gasteiger partial charge in [0.15, 0.2) is 0 Å². The van der Waals surface area contributed by atoms with E-state index in [9.17, 15) is 9.18 Å². The van der Waals surface area contributed by atoms with Crippen molar-refractivity contribution in [3.8, 4) is 5.69 Å². The molecule has 5 heteroatoms. The topological polar surface area (TPSA) is 46.9 Å². The Hall–Kier alpha value is -2.17. The van der Waals surface area contributed by atoms with Crippen LogP contribution in [0.3, 0.4) is 0 Å². The average molecular weight is 275 g/mol. The standard InChI is InChI=1S/C15H18FN3O/c1-3-4-15(20)18-10-12-5-6-14(13(16)9-12)19-8-7-17-11(19)2/h5-9H,3-4,10H2,1-2H3,(H,18,20). The maximum absolute atomic E-state index is 14.1. The van der Waals surface area contributed by atoms with Gasteiger partial charge in [0, 0.05) is 25.4 Å². The Labute approximate surface area is 117 Å². The molecule has 0 spiro atoms. The fourth-order valence-corrected chi connectivity index (χ4v) is 2.00. The minimum Gasteiger partial charge on any atom is -0.352 e. The highest BCUT2D eigenvalue weighted by Crippen LogP contribution is 2.16. The van der Waals surface area contributed by atoms with Gasteiger partial charge in [0.1, 0.15) is 11.6 Å². The molecular formula is C15H18FN3O. The van der Waals surface area contributed by atoms with Gasteiger partial charge in [-0.05, 0) is 31.0 Å². The molecule has 1 heterocycles. The number of hydrogen-bond donors (Lipinski definition) is 1. The zero-order chi connectivity index (χ0) is 14.5. The van der Waals surface area contributed by atoms with Crippen molar-refractivity contribution in [1.82, 2.24) is 14.9 Å². The predicted octanol–water partition coefficient (Wildman–Crippen LogP) is 2.74. The van der Waals surface area contributed by atoms with Crippen LogP contribution in [0.4, 0.5) is 4.39 Å². The highest BCUT2D eigenvalue weighted by atomic mass is 19.1. The smallest absolute Gasteiger partial charge is 0.220 e. The maximum Gasteiger partial charge on any atom is 0.220 e. The fraction of sp³-hybridized carbons (Fsp3) is 0.333. The molecule has 0 unspecified atom stereocenters. The van der Waals surface area contributed by atoms with Crippen molar-refractivity contribution < 1.29 is 9.18 Å². The lowest BCUT2D eigenvalue weighted by atomic mass is 10.2. The van der Waals surface area contributed by atoms with Crippen LogP contribution in [0.15, 0.2) is 30.6 Å². The molecule has 2 aromatic rings. The van der Waals surface area contributed by atoms with Crippen molar-refractivity contribution in [3.05, 3.63) is 47.8 Å². The number of rotatable bonds is 5. The number of benzene rings is 1. The molecule has 2 rings (SSSR count). The molecule has 1 aromatic carbocycles. The highest BCUT2D eigenvalue weighted by molar-refractivity contribution is 5.75. The zero-order valence-electron chi connectivity index (χ0n) is 11.7. The van der Waals surface area contributed by atoms with Crippen molar-refractivity contribution in [2.45, 2.75) is 33.2 Å². The van der Waals surface area contributed by atoms with Gasteiger partial charge in [-0.25, -0.2) is 9.37 Å². The van der Waals surface area contributed by atoms with Crippen molar-refractivity contribution in [2.24, 2.45) is 0 Å². The molecule has 0 fully saturated rings. The highest BCUT2D eigenvalue weighted by Gasteiger charge is 2.08. The largest absolute Gasteiger partial charge is 0.352 e. The summed E-state index contributed by atoms with van der Waals surface area (Å²) < 4.78 is 15.8. The summed E-state index contributed by atoms with van der Waals surface area (Å²) >= 11 is 0. The van der Waals surface area contributed by atoms with Crippen LogP contribution in [0.25, 0.3) is 5.69 Å². The number of hydrogen-bond acceptors (Lipinski definition) is 2. The Morgan fingerprint density at radius 1 is 1.45 bits per heavy atom. The van der Waals surface area contributed by atoms with Crippen LogP contribution < -0.4 is 5.32 Å². The number of nitrogens with zero attached hydrogens (tertiary/aromatic N) is 2. The summed E-state index contributed by atoms with van der Waals surface area (Å²) in [5.74, 6) is 0.392. The molecule has 20 heavy (non-hydrogen) atoms. The molecule has 0 aliphatic heterocycles. The first-order valence-electron chi connectivity index (χ1n) is 6.67. The third kappa shape index (κ3) is 3.23. The number of carbonyl (C=O) groups is 1. The van der Waals surface area contributed by atoms with Crippen LogP contribution in [0.1, 0.15) is 31.2 Å². The van der Waals surface area contributed by atoms with Gasteiger partial charge in [-0.1, -0.05) is 13.0 Å². The van der Waals surface area contributed by atoms with Crippen molar-refractivity contribution >= 4 is 5.91 Å². The zero-order valence-corrected chi connectivity index (χ0v) is 11.7. The molecule has 0 aliphatic carbocycles. The molecule has 0 saturated carbocycles. The van der Waals surface area contributed by atoms with Gasteiger partial charge in [-0.15, -0.1) is 0 Å². The van der Waals surface area contributed by atoms with Crippen molar-refractivity contribution in [2.75, 3.05) is 0 Å². The molecule has 1 N–H and O–H groups in total. The summed E-state index contributed by atoms with van der Waals surface area (Å²) in [7, 11) is 0. The molecule has 0 radical (unpaired) electrons. The van der Waals surface area contributed by atoms with Crippen LogP contribution in [0.2, 0.25) is 0 Å². The summed E-state index contributed by atoms with van der Waals surface area (Å²) in [6.07, 6.45) is 4.65. The van der Waals surface area contributed by atoms with Gasteiger partial charge in [0.05, 0.1) is 5.69 Å². The Bertz CT molecular complexity index is 607. The first-order chi connectivity index (χ1) is 9.61. The van der Waals surface area contributed by atoms with E-state index < -0.39 is 0 Å². The van der Waals surface area contributed by atoms with Gasteiger partial charge < -0.3 is 9.88 Å². The normalized spacial score (nSPS) is 10.6. The average Bonchev–Trinajstić information content (AvgIpc) is 2.83. The fourth-order valence-electron chi connectivity index (χ4n) is 2.00. The number of amides is 1. The van der Waals surface area contributed by atoms with Crippen LogP contribution in [0, 0.1) is 12.7 Å². The van der Waals surface area contributed by atoms with E-state index in [1.807, 2.05) is 19.9 Å². The van der Waals surface area contributed by atoms with Gasteiger partial charge in [0.25, 0.3) is 0 Å². The summed E-state index contributed by atoms with van der Waals surface area (Å²) in [5, 5.41) is 2.77. The Balaban J connectivity index is 2.10. The number of nitrogens with one attached hydrogen (secondary N) is 1. The van der Waals surface area contributed by atoms with E-state index in [1.165, 1.54) is 6.07 Å². The van der Waals surface area contributed by atoms with Gasteiger partial charge in [-0.2, -0.15) is 0 Å². The van der Waals surface area contributed by atoms with Gasteiger partial charge >= 0.3 is 0 Å². The second kappa shape index (κ2) is 6.32. The number of carbonyl (C=O) groups excluding carboxylic acids is 1. The van der Waals surface area contributed by atoms with Gasteiger partial charge in [-0.3, -0.25) is 4.79 Å².